The minimum Gasteiger partial charge on any atom is -0.497 e. The molecule has 1 atom stereocenters. The highest BCUT2D eigenvalue weighted by molar-refractivity contribution is 6.01. The lowest BCUT2D eigenvalue weighted by Crippen LogP contribution is -2.22. The highest BCUT2D eigenvalue weighted by Gasteiger charge is 2.38. The summed E-state index contributed by atoms with van der Waals surface area (Å²) in [5.41, 5.74) is 0.287. The van der Waals surface area contributed by atoms with Crippen LogP contribution in [0.2, 0.25) is 0 Å². The Morgan fingerprint density at radius 1 is 0.923 bits per heavy atom. The van der Waals surface area contributed by atoms with Crippen LogP contribution in [0, 0.1) is 0 Å². The van der Waals surface area contributed by atoms with Crippen LogP contribution in [0.25, 0.3) is 0 Å². The molecule has 0 bridgehead atoms. The van der Waals surface area contributed by atoms with E-state index in [2.05, 4.69) is 0 Å². The second-order valence-corrected chi connectivity index (χ2v) is 5.57. The van der Waals surface area contributed by atoms with Crippen LogP contribution in [0.4, 0.5) is 13.2 Å². The molecule has 0 saturated carbocycles. The summed E-state index contributed by atoms with van der Waals surface area (Å²) < 4.78 is 54.7. The van der Waals surface area contributed by atoms with Gasteiger partial charge >= 0.3 is 6.18 Å². The molecule has 0 aliphatic rings. The maximum Gasteiger partial charge on any atom is 0.390 e. The fourth-order valence-corrected chi connectivity index (χ4v) is 2.64. The molecule has 0 amide bonds. The Morgan fingerprint density at radius 3 is 2.00 bits per heavy atom. The molecule has 2 aromatic carbocycles. The van der Waals surface area contributed by atoms with Crippen molar-refractivity contribution >= 4 is 5.78 Å². The first kappa shape index (κ1) is 19.6. The summed E-state index contributed by atoms with van der Waals surface area (Å²) in [6.45, 7) is 0. The molecule has 0 aromatic heterocycles. The summed E-state index contributed by atoms with van der Waals surface area (Å²) in [6, 6.07) is 10.4. The van der Waals surface area contributed by atoms with Gasteiger partial charge in [0.1, 0.15) is 17.2 Å². The first-order chi connectivity index (χ1) is 12.3. The first-order valence-electron chi connectivity index (χ1n) is 7.76. The third kappa shape index (κ3) is 4.68. The van der Waals surface area contributed by atoms with Crippen molar-refractivity contribution in [1.82, 2.24) is 0 Å². The van der Waals surface area contributed by atoms with Crippen LogP contribution in [0.15, 0.2) is 42.5 Å². The molecule has 0 saturated heterocycles. The molecule has 2 aromatic rings. The molecule has 0 spiro atoms. The number of rotatable bonds is 7. The Kier molecular flexibility index (Phi) is 6.13. The van der Waals surface area contributed by atoms with Gasteiger partial charge in [-0.15, -0.1) is 0 Å². The van der Waals surface area contributed by atoms with Crippen LogP contribution in [-0.2, 0) is 0 Å². The second-order valence-electron chi connectivity index (χ2n) is 5.57. The number of ether oxygens (including phenoxy) is 3. The monoisotopic (exact) mass is 368 g/mol. The predicted octanol–water partition coefficient (Wildman–Crippen LogP) is 4.63. The van der Waals surface area contributed by atoms with Gasteiger partial charge in [-0.3, -0.25) is 4.79 Å². The van der Waals surface area contributed by atoms with Crippen molar-refractivity contribution in [1.29, 1.82) is 0 Å². The minimum atomic E-state index is -4.53. The molecule has 0 N–H and O–H groups in total. The highest BCUT2D eigenvalue weighted by Crippen LogP contribution is 2.39. The maximum absolute atomic E-state index is 13.2. The molecule has 0 fully saturated rings. The number of carbonyl (C=O) groups excluding carboxylic acids is 1. The predicted molar refractivity (Wildman–Crippen MR) is 90.3 cm³/mol. The molecule has 26 heavy (non-hydrogen) atoms. The number of alkyl halides is 3. The number of Topliss-reactive ketones (excluding diaryl/α,β-unsaturated/α-hetero) is 1. The summed E-state index contributed by atoms with van der Waals surface area (Å²) in [5.74, 6) is -1.06. The van der Waals surface area contributed by atoms with E-state index < -0.39 is 24.3 Å². The van der Waals surface area contributed by atoms with Gasteiger partial charge in [-0.1, -0.05) is 0 Å². The van der Waals surface area contributed by atoms with Crippen LogP contribution in [0.3, 0.4) is 0 Å². The zero-order valence-electron chi connectivity index (χ0n) is 14.6. The van der Waals surface area contributed by atoms with Crippen molar-refractivity contribution in [3.63, 3.8) is 0 Å². The lowest BCUT2D eigenvalue weighted by atomic mass is 9.87. The fourth-order valence-electron chi connectivity index (χ4n) is 2.64. The van der Waals surface area contributed by atoms with Gasteiger partial charge in [0.15, 0.2) is 5.78 Å². The van der Waals surface area contributed by atoms with E-state index in [1.807, 2.05) is 0 Å². The second kappa shape index (κ2) is 8.12. The number of benzene rings is 2. The number of hydrogen-bond donors (Lipinski definition) is 0. The molecule has 2 rings (SSSR count). The molecule has 0 aliphatic carbocycles. The van der Waals surface area contributed by atoms with Crippen molar-refractivity contribution < 1.29 is 32.2 Å². The van der Waals surface area contributed by atoms with E-state index >= 15 is 0 Å². The largest absolute Gasteiger partial charge is 0.497 e. The van der Waals surface area contributed by atoms with Crippen LogP contribution < -0.4 is 14.2 Å². The van der Waals surface area contributed by atoms with Crippen molar-refractivity contribution in [3.8, 4) is 17.2 Å². The molecule has 4 nitrogen and oxygen atoms in total. The molecule has 7 heteroatoms. The normalized spacial score (nSPS) is 12.4. The maximum atomic E-state index is 13.2. The fraction of sp³-hybridized carbons (Fsp3) is 0.316. The standard InChI is InChI=1S/C19H19F3O4/c1-24-13-6-4-12(5-7-13)18(23)16(11-19(20,21)22)15-10-14(25-2)8-9-17(15)26-3/h4-10,16H,11H2,1-3H3. The molecule has 1 unspecified atom stereocenters. The number of halogens is 3. The number of carbonyl (C=O) groups is 1. The van der Waals surface area contributed by atoms with E-state index in [-0.39, 0.29) is 16.9 Å². The molecular formula is C19H19F3O4. The van der Waals surface area contributed by atoms with Gasteiger partial charge in [-0.05, 0) is 42.5 Å². The summed E-state index contributed by atoms with van der Waals surface area (Å²) in [5, 5.41) is 0. The topological polar surface area (TPSA) is 44.8 Å². The van der Waals surface area contributed by atoms with E-state index in [9.17, 15) is 18.0 Å². The zero-order valence-corrected chi connectivity index (χ0v) is 14.6. The van der Waals surface area contributed by atoms with Gasteiger partial charge < -0.3 is 14.2 Å². The smallest absolute Gasteiger partial charge is 0.390 e. The SMILES string of the molecule is COc1ccc(C(=O)C(CC(F)(F)F)c2cc(OC)ccc2OC)cc1. The van der Waals surface area contributed by atoms with Gasteiger partial charge in [0.05, 0.1) is 33.7 Å². The van der Waals surface area contributed by atoms with E-state index in [0.29, 0.717) is 11.5 Å². The van der Waals surface area contributed by atoms with Crippen molar-refractivity contribution in [3.05, 3.63) is 53.6 Å². The number of hydrogen-bond acceptors (Lipinski definition) is 4. The Morgan fingerprint density at radius 2 is 1.50 bits per heavy atom. The third-order valence-corrected chi connectivity index (χ3v) is 3.94. The van der Waals surface area contributed by atoms with Gasteiger partial charge in [0.25, 0.3) is 0 Å². The number of ketones is 1. The quantitative estimate of drug-likeness (QED) is 0.669. The van der Waals surface area contributed by atoms with Crippen molar-refractivity contribution in [2.75, 3.05) is 21.3 Å². The van der Waals surface area contributed by atoms with Gasteiger partial charge in [-0.2, -0.15) is 13.2 Å². The minimum absolute atomic E-state index is 0.130. The summed E-state index contributed by atoms with van der Waals surface area (Å²) >= 11 is 0. The highest BCUT2D eigenvalue weighted by atomic mass is 19.4. The van der Waals surface area contributed by atoms with E-state index in [1.54, 1.807) is 6.07 Å². The Bertz CT molecular complexity index is 754. The summed E-state index contributed by atoms with van der Waals surface area (Å²) in [4.78, 5) is 12.9. The lowest BCUT2D eigenvalue weighted by Gasteiger charge is -2.21. The summed E-state index contributed by atoms with van der Waals surface area (Å²) in [7, 11) is 4.20. The molecular weight excluding hydrogens is 349 g/mol. The van der Waals surface area contributed by atoms with Crippen LogP contribution >= 0.6 is 0 Å². The van der Waals surface area contributed by atoms with E-state index in [1.165, 1.54) is 57.7 Å². The Hall–Kier alpha value is -2.70. The first-order valence-corrected chi connectivity index (χ1v) is 7.76. The third-order valence-electron chi connectivity index (χ3n) is 3.94. The Labute approximate surface area is 149 Å². The van der Waals surface area contributed by atoms with Gasteiger partial charge in [0.2, 0.25) is 0 Å². The van der Waals surface area contributed by atoms with Crippen molar-refractivity contribution in [2.24, 2.45) is 0 Å². The molecule has 0 radical (unpaired) electrons. The average molecular weight is 368 g/mol. The van der Waals surface area contributed by atoms with Crippen LogP contribution in [-0.4, -0.2) is 33.3 Å². The van der Waals surface area contributed by atoms with E-state index in [0.717, 1.165) is 0 Å². The molecule has 0 heterocycles. The van der Waals surface area contributed by atoms with Gasteiger partial charge in [0, 0.05) is 11.1 Å². The number of methoxy groups -OCH3 is 3. The Balaban J connectivity index is 2.50. The van der Waals surface area contributed by atoms with Gasteiger partial charge in [-0.25, -0.2) is 0 Å². The molecule has 140 valence electrons. The van der Waals surface area contributed by atoms with Crippen molar-refractivity contribution in [2.45, 2.75) is 18.5 Å². The molecule has 0 aliphatic heterocycles. The van der Waals surface area contributed by atoms with Crippen LogP contribution in [0.5, 0.6) is 17.2 Å². The summed E-state index contributed by atoms with van der Waals surface area (Å²) in [6.07, 6.45) is -5.83. The van der Waals surface area contributed by atoms with Crippen LogP contribution in [0.1, 0.15) is 28.3 Å². The zero-order chi connectivity index (χ0) is 19.3. The van der Waals surface area contributed by atoms with E-state index in [4.69, 9.17) is 14.2 Å². The lowest BCUT2D eigenvalue weighted by molar-refractivity contribution is -0.136. The average Bonchev–Trinajstić information content (AvgIpc) is 2.64.